The lowest BCUT2D eigenvalue weighted by molar-refractivity contribution is 0.0716. The van der Waals surface area contributed by atoms with Gasteiger partial charge in [-0.3, -0.25) is 9.89 Å². The SMILES string of the molecule is CCOc1cc(C(=O)N(C)[C@@H](CCN(C)C)c2ccc(C)c3cn[nH]c23)ccc1-c1ccccc1. The third-order valence-electron chi connectivity index (χ3n) is 6.48. The number of H-pyrrole nitrogens is 1. The molecule has 1 amide bonds. The third-order valence-corrected chi connectivity index (χ3v) is 6.48. The highest BCUT2D eigenvalue weighted by Gasteiger charge is 2.26. The molecular formula is C29H34N4O2. The molecule has 0 aliphatic heterocycles. The molecule has 0 saturated carbocycles. The first-order chi connectivity index (χ1) is 16.9. The van der Waals surface area contributed by atoms with Crippen LogP contribution in [0.4, 0.5) is 0 Å². The summed E-state index contributed by atoms with van der Waals surface area (Å²) in [5, 5.41) is 8.53. The van der Waals surface area contributed by atoms with Crippen molar-refractivity contribution < 1.29 is 9.53 Å². The Kier molecular flexibility index (Phi) is 7.51. The smallest absolute Gasteiger partial charge is 0.254 e. The number of ether oxygens (including phenoxy) is 1. The second-order valence-electron chi connectivity index (χ2n) is 9.16. The van der Waals surface area contributed by atoms with E-state index in [-0.39, 0.29) is 11.9 Å². The zero-order valence-electron chi connectivity index (χ0n) is 21.2. The van der Waals surface area contributed by atoms with Crippen LogP contribution in [0.5, 0.6) is 5.75 Å². The van der Waals surface area contributed by atoms with Gasteiger partial charge in [-0.05, 0) is 70.2 Å². The minimum atomic E-state index is -0.113. The first-order valence-corrected chi connectivity index (χ1v) is 12.1. The minimum absolute atomic E-state index is 0.0393. The predicted molar refractivity (Wildman–Crippen MR) is 142 cm³/mol. The maximum atomic E-state index is 13.8. The molecule has 6 heteroatoms. The number of nitrogens with one attached hydrogen (secondary N) is 1. The molecule has 0 saturated heterocycles. The molecule has 6 nitrogen and oxygen atoms in total. The van der Waals surface area contributed by atoms with Gasteiger partial charge in [-0.1, -0.05) is 42.5 Å². The van der Waals surface area contributed by atoms with Gasteiger partial charge in [-0.25, -0.2) is 0 Å². The van der Waals surface area contributed by atoms with Crippen molar-refractivity contribution >= 4 is 16.8 Å². The van der Waals surface area contributed by atoms with Crippen molar-refractivity contribution in [1.29, 1.82) is 0 Å². The van der Waals surface area contributed by atoms with Gasteiger partial charge in [-0.15, -0.1) is 0 Å². The molecule has 35 heavy (non-hydrogen) atoms. The molecule has 0 spiro atoms. The van der Waals surface area contributed by atoms with Gasteiger partial charge in [-0.2, -0.15) is 5.10 Å². The summed E-state index contributed by atoms with van der Waals surface area (Å²) >= 11 is 0. The molecule has 182 valence electrons. The van der Waals surface area contributed by atoms with E-state index in [0.717, 1.165) is 46.1 Å². The van der Waals surface area contributed by atoms with E-state index in [1.54, 1.807) is 0 Å². The van der Waals surface area contributed by atoms with Crippen LogP contribution in [0.15, 0.2) is 66.9 Å². The summed E-state index contributed by atoms with van der Waals surface area (Å²) in [6.45, 7) is 5.41. The Morgan fingerprint density at radius 3 is 2.54 bits per heavy atom. The van der Waals surface area contributed by atoms with Crippen molar-refractivity contribution in [1.82, 2.24) is 20.0 Å². The minimum Gasteiger partial charge on any atom is -0.493 e. The Morgan fingerprint density at radius 1 is 1.06 bits per heavy atom. The first-order valence-electron chi connectivity index (χ1n) is 12.1. The Hall–Kier alpha value is -3.64. The fourth-order valence-corrected chi connectivity index (χ4v) is 4.54. The monoisotopic (exact) mass is 470 g/mol. The number of carbonyl (C=O) groups is 1. The van der Waals surface area contributed by atoms with Gasteiger partial charge in [0.1, 0.15) is 5.75 Å². The van der Waals surface area contributed by atoms with Crippen LogP contribution in [-0.4, -0.2) is 60.2 Å². The summed E-state index contributed by atoms with van der Waals surface area (Å²) in [7, 11) is 5.99. The topological polar surface area (TPSA) is 61.5 Å². The zero-order valence-corrected chi connectivity index (χ0v) is 21.2. The molecule has 0 radical (unpaired) electrons. The van der Waals surface area contributed by atoms with Crippen LogP contribution in [-0.2, 0) is 0 Å². The molecule has 4 rings (SSSR count). The fraction of sp³-hybridized carbons (Fsp3) is 0.310. The summed E-state index contributed by atoms with van der Waals surface area (Å²) < 4.78 is 5.96. The van der Waals surface area contributed by atoms with Crippen LogP contribution in [0.25, 0.3) is 22.0 Å². The fourth-order valence-electron chi connectivity index (χ4n) is 4.54. The summed E-state index contributed by atoms with van der Waals surface area (Å²) in [4.78, 5) is 17.8. The van der Waals surface area contributed by atoms with E-state index >= 15 is 0 Å². The molecule has 0 fully saturated rings. The standard InChI is InChI=1S/C29H34N4O2/c1-6-35-27-18-22(13-15-23(27)21-10-8-7-9-11-21)29(34)33(5)26(16-17-32(3)4)24-14-12-20(2)25-19-30-31-28(24)25/h7-15,18-19,26H,6,16-17H2,1-5H3,(H,30,31)/t26-/m0/s1. The second kappa shape index (κ2) is 10.7. The van der Waals surface area contributed by atoms with Gasteiger partial charge < -0.3 is 14.5 Å². The number of benzene rings is 3. The largest absolute Gasteiger partial charge is 0.493 e. The normalized spacial score (nSPS) is 12.2. The molecule has 4 aromatic rings. The number of aromatic nitrogens is 2. The number of carbonyl (C=O) groups excluding carboxylic acids is 1. The van der Waals surface area contributed by atoms with Crippen molar-refractivity contribution in [3.8, 4) is 16.9 Å². The number of amides is 1. The highest BCUT2D eigenvalue weighted by atomic mass is 16.5. The third kappa shape index (κ3) is 5.23. The predicted octanol–water partition coefficient (Wildman–Crippen LogP) is 5.70. The molecule has 3 aromatic carbocycles. The van der Waals surface area contributed by atoms with Gasteiger partial charge in [0.15, 0.2) is 0 Å². The maximum absolute atomic E-state index is 13.8. The number of aryl methyl sites for hydroxylation is 1. The van der Waals surface area contributed by atoms with E-state index < -0.39 is 0 Å². The molecular weight excluding hydrogens is 436 g/mol. The van der Waals surface area contributed by atoms with Crippen LogP contribution in [0, 0.1) is 6.92 Å². The first kappa shape index (κ1) is 24.5. The van der Waals surface area contributed by atoms with Crippen molar-refractivity contribution in [2.75, 3.05) is 34.3 Å². The molecule has 0 unspecified atom stereocenters. The van der Waals surface area contributed by atoms with E-state index in [4.69, 9.17) is 4.74 Å². The van der Waals surface area contributed by atoms with Crippen molar-refractivity contribution in [3.05, 3.63) is 83.6 Å². The van der Waals surface area contributed by atoms with E-state index in [2.05, 4.69) is 60.4 Å². The number of fused-ring (bicyclic) bond motifs is 1. The summed E-state index contributed by atoms with van der Waals surface area (Å²) in [6, 6.07) is 20.0. The average molecular weight is 471 g/mol. The molecule has 1 atom stereocenters. The highest BCUT2D eigenvalue weighted by Crippen LogP contribution is 2.34. The summed E-state index contributed by atoms with van der Waals surface area (Å²) in [5.74, 6) is 0.677. The van der Waals surface area contributed by atoms with Crippen LogP contribution in [0.1, 0.15) is 40.9 Å². The number of hydrogen-bond acceptors (Lipinski definition) is 4. The van der Waals surface area contributed by atoms with Gasteiger partial charge in [0.05, 0.1) is 24.4 Å². The van der Waals surface area contributed by atoms with E-state index in [1.807, 2.05) is 61.5 Å². The molecule has 0 bridgehead atoms. The summed E-state index contributed by atoms with van der Waals surface area (Å²) in [5.41, 5.74) is 5.88. The van der Waals surface area contributed by atoms with Gasteiger partial charge in [0.2, 0.25) is 0 Å². The molecule has 0 aliphatic rings. The number of rotatable bonds is 9. The van der Waals surface area contributed by atoms with E-state index in [0.29, 0.717) is 17.9 Å². The van der Waals surface area contributed by atoms with Gasteiger partial charge >= 0.3 is 0 Å². The number of nitrogens with zero attached hydrogens (tertiary/aromatic N) is 3. The Balaban J connectivity index is 1.71. The lowest BCUT2D eigenvalue weighted by atomic mass is 9.96. The molecule has 0 aliphatic carbocycles. The Bertz CT molecular complexity index is 1300. The molecule has 1 N–H and O–H groups in total. The van der Waals surface area contributed by atoms with Crippen molar-refractivity contribution in [2.24, 2.45) is 0 Å². The van der Waals surface area contributed by atoms with Crippen LogP contribution in [0.3, 0.4) is 0 Å². The van der Waals surface area contributed by atoms with Gasteiger partial charge in [0.25, 0.3) is 5.91 Å². The lowest BCUT2D eigenvalue weighted by Crippen LogP contribution is -2.33. The lowest BCUT2D eigenvalue weighted by Gasteiger charge is -2.30. The van der Waals surface area contributed by atoms with Crippen molar-refractivity contribution in [2.45, 2.75) is 26.3 Å². The summed E-state index contributed by atoms with van der Waals surface area (Å²) in [6.07, 6.45) is 2.66. The Labute approximate surface area is 207 Å². The number of aromatic amines is 1. The molecule has 1 aromatic heterocycles. The average Bonchev–Trinajstić information content (AvgIpc) is 3.36. The van der Waals surface area contributed by atoms with Crippen molar-refractivity contribution in [3.63, 3.8) is 0 Å². The van der Waals surface area contributed by atoms with Crippen LogP contribution < -0.4 is 4.74 Å². The van der Waals surface area contributed by atoms with Crippen LogP contribution in [0.2, 0.25) is 0 Å². The Morgan fingerprint density at radius 2 is 1.83 bits per heavy atom. The quantitative estimate of drug-likeness (QED) is 0.341. The molecule has 1 heterocycles. The maximum Gasteiger partial charge on any atom is 0.254 e. The highest BCUT2D eigenvalue weighted by molar-refractivity contribution is 5.96. The van der Waals surface area contributed by atoms with E-state index in [1.165, 1.54) is 0 Å². The zero-order chi connectivity index (χ0) is 24.9. The van der Waals surface area contributed by atoms with Crippen LogP contribution >= 0.6 is 0 Å². The second-order valence-corrected chi connectivity index (χ2v) is 9.16. The van der Waals surface area contributed by atoms with E-state index in [9.17, 15) is 4.79 Å². The van der Waals surface area contributed by atoms with Gasteiger partial charge in [0, 0.05) is 29.1 Å². The number of hydrogen-bond donors (Lipinski definition) is 1.